The summed E-state index contributed by atoms with van der Waals surface area (Å²) in [5.41, 5.74) is 1.32. The van der Waals surface area contributed by atoms with Gasteiger partial charge in [0, 0.05) is 32.2 Å². The summed E-state index contributed by atoms with van der Waals surface area (Å²) in [5, 5.41) is 3.57. The fourth-order valence-corrected chi connectivity index (χ4v) is 2.43. The number of nitrogens with one attached hydrogen (secondary N) is 1. The van der Waals surface area contributed by atoms with Crippen LogP contribution in [-0.4, -0.2) is 30.6 Å². The Labute approximate surface area is 109 Å². The molecule has 0 aromatic heterocycles. The Bertz CT molecular complexity index is 398. The van der Waals surface area contributed by atoms with Crippen LogP contribution >= 0.6 is 0 Å². The van der Waals surface area contributed by atoms with Gasteiger partial charge in [0.2, 0.25) is 0 Å². The molecule has 0 bridgehead atoms. The summed E-state index contributed by atoms with van der Waals surface area (Å²) in [6, 6.07) is 7.42. The first kappa shape index (κ1) is 13.5. The number of nitrogens with zero attached hydrogens (tertiary/aromatic N) is 1. The fraction of sp³-hybridized carbons (Fsp3) is 0.600. The molecule has 1 fully saturated rings. The highest BCUT2D eigenvalue weighted by Crippen LogP contribution is 2.22. The first-order valence-electron chi connectivity index (χ1n) is 6.65. The summed E-state index contributed by atoms with van der Waals surface area (Å²) < 4.78 is 13.2. The van der Waals surface area contributed by atoms with Crippen molar-refractivity contribution in [1.82, 2.24) is 10.2 Å². The molecule has 0 spiro atoms. The van der Waals surface area contributed by atoms with Crippen molar-refractivity contribution in [3.63, 3.8) is 0 Å². The third-order valence-electron chi connectivity index (χ3n) is 3.60. The molecule has 3 heteroatoms. The van der Waals surface area contributed by atoms with Gasteiger partial charge in [0.15, 0.2) is 0 Å². The zero-order valence-electron chi connectivity index (χ0n) is 11.5. The van der Waals surface area contributed by atoms with E-state index in [4.69, 9.17) is 0 Å². The molecule has 1 aliphatic rings. The minimum absolute atomic E-state index is 0.144. The Morgan fingerprint density at radius 2 is 2.17 bits per heavy atom. The molecule has 2 rings (SSSR count). The van der Waals surface area contributed by atoms with Gasteiger partial charge in [-0.05, 0) is 23.1 Å². The Morgan fingerprint density at radius 1 is 1.39 bits per heavy atom. The second-order valence-electron chi connectivity index (χ2n) is 6.24. The van der Waals surface area contributed by atoms with E-state index in [0.717, 1.165) is 31.7 Å². The standard InChI is InChI=1S/C15H23FN2/c1-15(2,3)14-11-18(8-7-17-14)10-12-5-4-6-13(16)9-12/h4-6,9,14,17H,7-8,10-11H2,1-3H3. The van der Waals surface area contributed by atoms with Crippen molar-refractivity contribution in [3.05, 3.63) is 35.6 Å². The van der Waals surface area contributed by atoms with Gasteiger partial charge < -0.3 is 5.32 Å². The lowest BCUT2D eigenvalue weighted by Crippen LogP contribution is -2.55. The third kappa shape index (κ3) is 3.53. The molecule has 2 nitrogen and oxygen atoms in total. The maximum Gasteiger partial charge on any atom is 0.123 e. The van der Waals surface area contributed by atoms with Crippen molar-refractivity contribution in [1.29, 1.82) is 0 Å². The van der Waals surface area contributed by atoms with E-state index in [9.17, 15) is 4.39 Å². The van der Waals surface area contributed by atoms with Gasteiger partial charge >= 0.3 is 0 Å². The van der Waals surface area contributed by atoms with Gasteiger partial charge in [-0.2, -0.15) is 0 Å². The normalized spacial score (nSPS) is 22.1. The van der Waals surface area contributed by atoms with Crippen LogP contribution in [0.5, 0.6) is 0 Å². The molecular formula is C15H23FN2. The second-order valence-corrected chi connectivity index (χ2v) is 6.24. The summed E-state index contributed by atoms with van der Waals surface area (Å²) >= 11 is 0. The van der Waals surface area contributed by atoms with Crippen molar-refractivity contribution >= 4 is 0 Å². The monoisotopic (exact) mass is 250 g/mol. The van der Waals surface area contributed by atoms with E-state index in [1.54, 1.807) is 12.1 Å². The van der Waals surface area contributed by atoms with E-state index in [1.165, 1.54) is 6.07 Å². The number of hydrogen-bond acceptors (Lipinski definition) is 2. The van der Waals surface area contributed by atoms with Gasteiger partial charge in [-0.1, -0.05) is 32.9 Å². The van der Waals surface area contributed by atoms with Crippen LogP contribution in [0.1, 0.15) is 26.3 Å². The average Bonchev–Trinajstić information content (AvgIpc) is 2.28. The predicted molar refractivity (Wildman–Crippen MR) is 72.9 cm³/mol. The van der Waals surface area contributed by atoms with Crippen LogP contribution in [0.15, 0.2) is 24.3 Å². The molecule has 0 radical (unpaired) electrons. The average molecular weight is 250 g/mol. The molecule has 1 aromatic carbocycles. The molecule has 1 unspecified atom stereocenters. The van der Waals surface area contributed by atoms with Crippen molar-refractivity contribution in [2.75, 3.05) is 19.6 Å². The zero-order chi connectivity index (χ0) is 13.2. The smallest absolute Gasteiger partial charge is 0.123 e. The largest absolute Gasteiger partial charge is 0.311 e. The highest BCUT2D eigenvalue weighted by atomic mass is 19.1. The van der Waals surface area contributed by atoms with Gasteiger partial charge in [-0.25, -0.2) is 4.39 Å². The summed E-state index contributed by atoms with van der Waals surface area (Å²) in [6.07, 6.45) is 0. The van der Waals surface area contributed by atoms with E-state index in [1.807, 2.05) is 6.07 Å². The molecule has 100 valence electrons. The van der Waals surface area contributed by atoms with E-state index in [0.29, 0.717) is 6.04 Å². The van der Waals surface area contributed by atoms with Gasteiger partial charge in [-0.15, -0.1) is 0 Å². The van der Waals surface area contributed by atoms with Crippen molar-refractivity contribution < 1.29 is 4.39 Å². The van der Waals surface area contributed by atoms with Crippen molar-refractivity contribution in [3.8, 4) is 0 Å². The lowest BCUT2D eigenvalue weighted by molar-refractivity contribution is 0.129. The van der Waals surface area contributed by atoms with E-state index in [-0.39, 0.29) is 11.2 Å². The van der Waals surface area contributed by atoms with Crippen LogP contribution in [0.25, 0.3) is 0 Å². The van der Waals surface area contributed by atoms with Crippen LogP contribution < -0.4 is 5.32 Å². The topological polar surface area (TPSA) is 15.3 Å². The summed E-state index contributed by atoms with van der Waals surface area (Å²) in [7, 11) is 0. The van der Waals surface area contributed by atoms with Gasteiger partial charge in [0.25, 0.3) is 0 Å². The van der Waals surface area contributed by atoms with Crippen LogP contribution in [0.3, 0.4) is 0 Å². The first-order chi connectivity index (χ1) is 8.45. The molecule has 1 N–H and O–H groups in total. The lowest BCUT2D eigenvalue weighted by Gasteiger charge is -2.40. The van der Waals surface area contributed by atoms with Crippen molar-refractivity contribution in [2.45, 2.75) is 33.4 Å². The molecular weight excluding hydrogens is 227 g/mol. The van der Waals surface area contributed by atoms with Crippen LogP contribution in [0.2, 0.25) is 0 Å². The quantitative estimate of drug-likeness (QED) is 0.868. The van der Waals surface area contributed by atoms with E-state index >= 15 is 0 Å². The molecule has 1 saturated heterocycles. The SMILES string of the molecule is CC(C)(C)C1CN(Cc2cccc(F)c2)CCN1. The van der Waals surface area contributed by atoms with Crippen molar-refractivity contribution in [2.24, 2.45) is 5.41 Å². The predicted octanol–water partition coefficient (Wildman–Crippen LogP) is 2.65. The lowest BCUT2D eigenvalue weighted by atomic mass is 9.85. The molecule has 0 saturated carbocycles. The summed E-state index contributed by atoms with van der Waals surface area (Å²) in [4.78, 5) is 2.40. The summed E-state index contributed by atoms with van der Waals surface area (Å²) in [5.74, 6) is -0.144. The number of hydrogen-bond donors (Lipinski definition) is 1. The minimum Gasteiger partial charge on any atom is -0.311 e. The van der Waals surface area contributed by atoms with Crippen LogP contribution in [-0.2, 0) is 6.54 Å². The zero-order valence-corrected chi connectivity index (χ0v) is 11.5. The van der Waals surface area contributed by atoms with Crippen LogP contribution in [0.4, 0.5) is 4.39 Å². The van der Waals surface area contributed by atoms with Gasteiger partial charge in [-0.3, -0.25) is 4.90 Å². The molecule has 18 heavy (non-hydrogen) atoms. The Morgan fingerprint density at radius 3 is 2.83 bits per heavy atom. The molecule has 1 heterocycles. The molecule has 0 aliphatic carbocycles. The van der Waals surface area contributed by atoms with E-state index < -0.39 is 0 Å². The Hall–Kier alpha value is -0.930. The van der Waals surface area contributed by atoms with Crippen LogP contribution in [0, 0.1) is 11.2 Å². The highest BCUT2D eigenvalue weighted by molar-refractivity contribution is 5.16. The molecule has 1 aromatic rings. The van der Waals surface area contributed by atoms with Gasteiger partial charge in [0.05, 0.1) is 0 Å². The molecule has 0 amide bonds. The maximum atomic E-state index is 13.2. The molecule has 1 aliphatic heterocycles. The maximum absolute atomic E-state index is 13.2. The fourth-order valence-electron chi connectivity index (χ4n) is 2.43. The van der Waals surface area contributed by atoms with Gasteiger partial charge in [0.1, 0.15) is 5.82 Å². The number of benzene rings is 1. The second kappa shape index (κ2) is 5.37. The minimum atomic E-state index is -0.144. The third-order valence-corrected chi connectivity index (χ3v) is 3.60. The number of piperazine rings is 1. The summed E-state index contributed by atoms with van der Waals surface area (Å²) in [6.45, 7) is 10.7. The first-order valence-corrected chi connectivity index (χ1v) is 6.65. The number of rotatable bonds is 2. The Balaban J connectivity index is 1.98. The number of halogens is 1. The highest BCUT2D eigenvalue weighted by Gasteiger charge is 2.29. The molecule has 1 atom stereocenters. The Kier molecular flexibility index (Phi) is 4.03. The van der Waals surface area contributed by atoms with E-state index in [2.05, 4.69) is 31.0 Å².